The lowest BCUT2D eigenvalue weighted by molar-refractivity contribution is 0.0733. The summed E-state index contributed by atoms with van der Waals surface area (Å²) in [6.45, 7) is 4.16. The minimum absolute atomic E-state index is 0.316. The van der Waals surface area contributed by atoms with Crippen LogP contribution in [0.15, 0.2) is 54.6 Å². The van der Waals surface area contributed by atoms with Gasteiger partial charge in [-0.15, -0.1) is 0 Å². The Hall–Kier alpha value is -2.09. The van der Waals surface area contributed by atoms with E-state index in [1.165, 1.54) is 0 Å². The number of hydrogen-bond donors (Lipinski definition) is 0. The Morgan fingerprint density at radius 1 is 0.944 bits per heavy atom. The molecule has 0 fully saturated rings. The van der Waals surface area contributed by atoms with Crippen LogP contribution in [-0.4, -0.2) is 5.97 Å². The Kier molecular flexibility index (Phi) is 3.78. The maximum absolute atomic E-state index is 12.0. The highest BCUT2D eigenvalue weighted by molar-refractivity contribution is 5.91. The van der Waals surface area contributed by atoms with E-state index in [1.807, 2.05) is 42.5 Å². The number of carbonyl (C=O) groups excluding carboxylic acids is 1. The number of para-hydroxylation sites is 1. The molecule has 0 aliphatic carbocycles. The Bertz CT molecular complexity index is 530. The molecule has 0 saturated carbocycles. The molecule has 0 bridgehead atoms. The molecule has 2 aromatic rings. The van der Waals surface area contributed by atoms with Gasteiger partial charge in [0.05, 0.1) is 5.56 Å². The van der Waals surface area contributed by atoms with Crippen molar-refractivity contribution in [2.45, 2.75) is 19.8 Å². The van der Waals surface area contributed by atoms with Crippen LogP contribution in [0.2, 0.25) is 0 Å². The van der Waals surface area contributed by atoms with Crippen molar-refractivity contribution in [1.82, 2.24) is 0 Å². The third-order valence-electron chi connectivity index (χ3n) is 2.75. The molecule has 18 heavy (non-hydrogen) atoms. The van der Waals surface area contributed by atoms with E-state index in [2.05, 4.69) is 13.8 Å². The average molecular weight is 240 g/mol. The lowest BCUT2D eigenvalue weighted by Crippen LogP contribution is -2.09. The largest absolute Gasteiger partial charge is 0.423 e. The molecule has 0 unspecified atom stereocenters. The Balaban J connectivity index is 2.22. The van der Waals surface area contributed by atoms with E-state index in [-0.39, 0.29) is 5.97 Å². The van der Waals surface area contributed by atoms with Gasteiger partial charge in [0, 0.05) is 0 Å². The lowest BCUT2D eigenvalue weighted by atomic mass is 10.0. The smallest absolute Gasteiger partial charge is 0.343 e. The Labute approximate surface area is 107 Å². The minimum atomic E-state index is -0.316. The summed E-state index contributed by atoms with van der Waals surface area (Å²) in [5.74, 6) is 0.648. The van der Waals surface area contributed by atoms with Gasteiger partial charge in [0.15, 0.2) is 0 Å². The normalized spacial score (nSPS) is 10.4. The number of ether oxygens (including phenoxy) is 1. The van der Waals surface area contributed by atoms with Crippen LogP contribution in [0.3, 0.4) is 0 Å². The van der Waals surface area contributed by atoms with E-state index in [0.717, 1.165) is 5.56 Å². The van der Waals surface area contributed by atoms with Crippen molar-refractivity contribution in [2.24, 2.45) is 0 Å². The highest BCUT2D eigenvalue weighted by Gasteiger charge is 2.12. The molecule has 0 N–H and O–H groups in total. The fourth-order valence-electron chi connectivity index (χ4n) is 1.78. The van der Waals surface area contributed by atoms with Gasteiger partial charge in [-0.05, 0) is 29.7 Å². The maximum atomic E-state index is 12.0. The molecule has 92 valence electrons. The first-order valence-electron chi connectivity index (χ1n) is 6.04. The minimum Gasteiger partial charge on any atom is -0.423 e. The predicted octanol–water partition coefficient (Wildman–Crippen LogP) is 4.03. The second-order valence-electron chi connectivity index (χ2n) is 4.45. The molecule has 0 aromatic heterocycles. The Morgan fingerprint density at radius 2 is 1.56 bits per heavy atom. The second kappa shape index (κ2) is 5.50. The summed E-state index contributed by atoms with van der Waals surface area (Å²) in [7, 11) is 0. The van der Waals surface area contributed by atoms with Crippen molar-refractivity contribution in [3.8, 4) is 5.75 Å². The summed E-state index contributed by atoms with van der Waals surface area (Å²) in [4.78, 5) is 12.0. The molecule has 2 heteroatoms. The molecule has 2 nitrogen and oxygen atoms in total. The van der Waals surface area contributed by atoms with Crippen LogP contribution in [-0.2, 0) is 0 Å². The fraction of sp³-hybridized carbons (Fsp3) is 0.188. The summed E-state index contributed by atoms with van der Waals surface area (Å²) in [5.41, 5.74) is 1.61. The molecule has 2 rings (SSSR count). The van der Waals surface area contributed by atoms with Crippen molar-refractivity contribution in [3.05, 3.63) is 65.7 Å². The quantitative estimate of drug-likeness (QED) is 0.598. The van der Waals surface area contributed by atoms with Gasteiger partial charge in [-0.3, -0.25) is 0 Å². The first kappa shape index (κ1) is 12.4. The van der Waals surface area contributed by atoms with Gasteiger partial charge in [0.1, 0.15) is 5.75 Å². The monoisotopic (exact) mass is 240 g/mol. The zero-order valence-corrected chi connectivity index (χ0v) is 10.6. The molecule has 0 aliphatic heterocycles. The van der Waals surface area contributed by atoms with E-state index >= 15 is 0 Å². The molecule has 0 spiro atoms. The molecule has 0 heterocycles. The molecule has 0 aliphatic rings. The number of rotatable bonds is 3. The van der Waals surface area contributed by atoms with Gasteiger partial charge in [-0.2, -0.15) is 0 Å². The topological polar surface area (TPSA) is 26.3 Å². The fourth-order valence-corrected chi connectivity index (χ4v) is 1.78. The number of benzene rings is 2. The summed E-state index contributed by atoms with van der Waals surface area (Å²) in [6, 6.07) is 16.7. The van der Waals surface area contributed by atoms with Gasteiger partial charge in [-0.25, -0.2) is 4.79 Å². The first-order valence-corrected chi connectivity index (χ1v) is 6.04. The van der Waals surface area contributed by atoms with E-state index in [0.29, 0.717) is 17.2 Å². The van der Waals surface area contributed by atoms with Crippen molar-refractivity contribution in [2.75, 3.05) is 0 Å². The molecule has 2 aromatic carbocycles. The van der Waals surface area contributed by atoms with Gasteiger partial charge in [0.25, 0.3) is 0 Å². The van der Waals surface area contributed by atoms with Crippen molar-refractivity contribution < 1.29 is 9.53 Å². The van der Waals surface area contributed by atoms with E-state index in [1.54, 1.807) is 12.1 Å². The molecule has 0 atom stereocenters. The van der Waals surface area contributed by atoms with E-state index in [4.69, 9.17) is 4.74 Å². The summed E-state index contributed by atoms with van der Waals surface area (Å²) in [6.07, 6.45) is 0. The molecular formula is C16H16O2. The molecule has 0 amide bonds. The van der Waals surface area contributed by atoms with Crippen LogP contribution < -0.4 is 4.74 Å². The highest BCUT2D eigenvalue weighted by atomic mass is 16.5. The zero-order valence-electron chi connectivity index (χ0n) is 10.6. The zero-order chi connectivity index (χ0) is 13.0. The van der Waals surface area contributed by atoms with Crippen LogP contribution in [0.4, 0.5) is 0 Å². The third kappa shape index (κ3) is 2.77. The molecule has 0 saturated heterocycles. The maximum Gasteiger partial charge on any atom is 0.343 e. The van der Waals surface area contributed by atoms with Gasteiger partial charge in [-0.1, -0.05) is 50.2 Å². The summed E-state index contributed by atoms with van der Waals surface area (Å²) >= 11 is 0. The molecular weight excluding hydrogens is 224 g/mol. The van der Waals surface area contributed by atoms with Crippen LogP contribution in [0.1, 0.15) is 35.7 Å². The van der Waals surface area contributed by atoms with E-state index in [9.17, 15) is 4.79 Å². The first-order chi connectivity index (χ1) is 8.68. The predicted molar refractivity (Wildman–Crippen MR) is 71.9 cm³/mol. The average Bonchev–Trinajstić information content (AvgIpc) is 2.40. The van der Waals surface area contributed by atoms with Crippen LogP contribution in [0, 0.1) is 0 Å². The van der Waals surface area contributed by atoms with Crippen molar-refractivity contribution in [3.63, 3.8) is 0 Å². The molecule has 0 radical (unpaired) electrons. The lowest BCUT2D eigenvalue weighted by Gasteiger charge is -2.12. The summed E-state index contributed by atoms with van der Waals surface area (Å²) < 4.78 is 5.45. The number of esters is 1. The van der Waals surface area contributed by atoms with Crippen LogP contribution >= 0.6 is 0 Å². The Morgan fingerprint density at radius 3 is 2.22 bits per heavy atom. The number of hydrogen-bond acceptors (Lipinski definition) is 2. The van der Waals surface area contributed by atoms with Crippen LogP contribution in [0.5, 0.6) is 5.75 Å². The SMILES string of the molecule is CC(C)c1ccccc1OC(=O)c1ccccc1. The van der Waals surface area contributed by atoms with Gasteiger partial charge >= 0.3 is 5.97 Å². The van der Waals surface area contributed by atoms with E-state index < -0.39 is 0 Å². The van der Waals surface area contributed by atoms with Gasteiger partial charge in [0.2, 0.25) is 0 Å². The van der Waals surface area contributed by atoms with Crippen molar-refractivity contribution in [1.29, 1.82) is 0 Å². The van der Waals surface area contributed by atoms with Crippen LogP contribution in [0.25, 0.3) is 0 Å². The second-order valence-corrected chi connectivity index (χ2v) is 4.45. The third-order valence-corrected chi connectivity index (χ3v) is 2.75. The standard InChI is InChI=1S/C16H16O2/c1-12(2)14-10-6-7-11-15(14)18-16(17)13-8-4-3-5-9-13/h3-12H,1-2H3. The van der Waals surface area contributed by atoms with Crippen molar-refractivity contribution >= 4 is 5.97 Å². The highest BCUT2D eigenvalue weighted by Crippen LogP contribution is 2.26. The summed E-state index contributed by atoms with van der Waals surface area (Å²) in [5, 5.41) is 0. The van der Waals surface area contributed by atoms with Gasteiger partial charge < -0.3 is 4.74 Å². The number of carbonyl (C=O) groups is 1.